The second-order valence-electron chi connectivity index (χ2n) is 2.90. The molecule has 15 heavy (non-hydrogen) atoms. The molecule has 0 aliphatic heterocycles. The number of rotatable bonds is 2. The van der Waals surface area contributed by atoms with Crippen LogP contribution in [0, 0.1) is 6.92 Å². The predicted molar refractivity (Wildman–Crippen MR) is 50.8 cm³/mol. The molecule has 0 fully saturated rings. The van der Waals surface area contributed by atoms with E-state index in [2.05, 4.69) is 15.4 Å². The number of hydrogen-bond acceptors (Lipinski definition) is 4. The number of nitrogens with one attached hydrogen (secondary N) is 1. The van der Waals surface area contributed by atoms with Crippen LogP contribution < -0.4 is 0 Å². The fourth-order valence-corrected chi connectivity index (χ4v) is 1.38. The molecule has 0 aliphatic rings. The van der Waals surface area contributed by atoms with E-state index >= 15 is 0 Å². The Bertz CT molecular complexity index is 517. The van der Waals surface area contributed by atoms with Gasteiger partial charge in [-0.3, -0.25) is 5.10 Å². The summed E-state index contributed by atoms with van der Waals surface area (Å²) in [5.74, 6) is -0.897. The monoisotopic (exact) mass is 227 g/mol. The maximum Gasteiger partial charge on any atom is 0.341 e. The van der Waals surface area contributed by atoms with E-state index in [1.165, 1.54) is 0 Å². The van der Waals surface area contributed by atoms with Gasteiger partial charge in [0.15, 0.2) is 5.76 Å². The number of aromatic amines is 1. The van der Waals surface area contributed by atoms with Crippen LogP contribution in [-0.4, -0.2) is 26.4 Å². The molecule has 0 aromatic carbocycles. The number of hydrogen-bond donors (Lipinski definition) is 2. The average Bonchev–Trinajstić information content (AvgIpc) is 2.71. The van der Waals surface area contributed by atoms with Crippen LogP contribution in [-0.2, 0) is 0 Å². The maximum absolute atomic E-state index is 10.9. The van der Waals surface area contributed by atoms with E-state index in [1.54, 1.807) is 13.0 Å². The predicted octanol–water partition coefficient (Wildman–Crippen LogP) is 1.72. The van der Waals surface area contributed by atoms with Crippen molar-refractivity contribution in [2.45, 2.75) is 6.92 Å². The zero-order valence-corrected chi connectivity index (χ0v) is 8.37. The van der Waals surface area contributed by atoms with Crippen LogP contribution in [0.25, 0.3) is 11.5 Å². The van der Waals surface area contributed by atoms with Gasteiger partial charge < -0.3 is 9.63 Å². The van der Waals surface area contributed by atoms with Gasteiger partial charge in [0, 0.05) is 6.07 Å². The maximum atomic E-state index is 10.9. The number of carboxylic acid groups (broad SMARTS) is 1. The lowest BCUT2D eigenvalue weighted by atomic mass is 10.2. The van der Waals surface area contributed by atoms with Crippen LogP contribution in [0.4, 0.5) is 0 Å². The summed E-state index contributed by atoms with van der Waals surface area (Å²) < 4.78 is 4.90. The van der Waals surface area contributed by atoms with Gasteiger partial charge in [0.25, 0.3) is 0 Å². The Kier molecular flexibility index (Phi) is 2.20. The van der Waals surface area contributed by atoms with Gasteiger partial charge in [0.1, 0.15) is 16.4 Å². The third kappa shape index (κ3) is 1.59. The summed E-state index contributed by atoms with van der Waals surface area (Å²) in [6.45, 7) is 1.72. The van der Waals surface area contributed by atoms with Gasteiger partial charge in [-0.05, 0) is 6.92 Å². The Hall–Kier alpha value is -1.82. The van der Waals surface area contributed by atoms with E-state index in [1.807, 2.05) is 0 Å². The number of aryl methyl sites for hydroxylation is 1. The molecule has 0 bridgehead atoms. The summed E-state index contributed by atoms with van der Waals surface area (Å²) in [6, 6.07) is 1.58. The molecule has 0 saturated heterocycles. The number of H-pyrrole nitrogens is 1. The minimum absolute atomic E-state index is 0.0356. The molecule has 0 aliphatic carbocycles. The molecular formula is C8H6ClN3O3. The zero-order chi connectivity index (χ0) is 11.0. The summed E-state index contributed by atoms with van der Waals surface area (Å²) >= 11 is 5.64. The van der Waals surface area contributed by atoms with E-state index in [0.29, 0.717) is 5.69 Å². The van der Waals surface area contributed by atoms with Gasteiger partial charge in [0.2, 0.25) is 0 Å². The van der Waals surface area contributed by atoms with Crippen molar-refractivity contribution in [1.29, 1.82) is 0 Å². The molecule has 0 radical (unpaired) electrons. The standard InChI is InChI=1S/C8H6ClN3O3/c1-3-2-4(15-12-3)6-5(8(13)14)7(9)11-10-6/h2H,1H3,(H,10,11)(H,13,14). The fourth-order valence-electron chi connectivity index (χ4n) is 1.17. The molecule has 78 valence electrons. The summed E-state index contributed by atoms with van der Waals surface area (Å²) in [5, 5.41) is 18.6. The fraction of sp³-hybridized carbons (Fsp3) is 0.125. The molecule has 0 saturated carbocycles. The first-order chi connectivity index (χ1) is 7.09. The molecule has 0 atom stereocenters. The van der Waals surface area contributed by atoms with Crippen LogP contribution in [0.1, 0.15) is 16.1 Å². The lowest BCUT2D eigenvalue weighted by Crippen LogP contribution is -1.97. The molecule has 2 rings (SSSR count). The normalized spacial score (nSPS) is 10.5. The van der Waals surface area contributed by atoms with E-state index in [9.17, 15) is 4.79 Å². The Labute approximate surface area is 88.8 Å². The van der Waals surface area contributed by atoms with Crippen LogP contribution in [0.2, 0.25) is 5.15 Å². The first-order valence-corrected chi connectivity index (χ1v) is 4.38. The smallest absolute Gasteiger partial charge is 0.341 e. The quantitative estimate of drug-likeness (QED) is 0.815. The van der Waals surface area contributed by atoms with Crippen molar-refractivity contribution >= 4 is 17.6 Å². The summed E-state index contributed by atoms with van der Waals surface area (Å²) in [7, 11) is 0. The molecule has 2 N–H and O–H groups in total. The number of aromatic carboxylic acids is 1. The Morgan fingerprint density at radius 3 is 2.93 bits per heavy atom. The summed E-state index contributed by atoms with van der Waals surface area (Å²) in [5.41, 5.74) is 0.668. The number of halogens is 1. The highest BCUT2D eigenvalue weighted by Gasteiger charge is 2.22. The molecule has 2 aromatic heterocycles. The van der Waals surface area contributed by atoms with E-state index in [0.717, 1.165) is 0 Å². The van der Waals surface area contributed by atoms with Crippen LogP contribution in [0.5, 0.6) is 0 Å². The second kappa shape index (κ2) is 3.39. The van der Waals surface area contributed by atoms with Gasteiger partial charge in [-0.25, -0.2) is 4.79 Å². The molecule has 0 spiro atoms. The summed E-state index contributed by atoms with van der Waals surface area (Å²) in [6.07, 6.45) is 0. The van der Waals surface area contributed by atoms with Crippen molar-refractivity contribution in [3.8, 4) is 11.5 Å². The minimum Gasteiger partial charge on any atom is -0.477 e. The van der Waals surface area contributed by atoms with Gasteiger partial charge in [-0.15, -0.1) is 0 Å². The number of carboxylic acids is 1. The lowest BCUT2D eigenvalue weighted by molar-refractivity contribution is 0.0697. The topological polar surface area (TPSA) is 92.0 Å². The number of carbonyl (C=O) groups is 1. The van der Waals surface area contributed by atoms with Gasteiger partial charge in [-0.1, -0.05) is 16.8 Å². The first-order valence-electron chi connectivity index (χ1n) is 4.00. The number of aromatic nitrogens is 3. The van der Waals surface area contributed by atoms with Crippen molar-refractivity contribution in [2.24, 2.45) is 0 Å². The van der Waals surface area contributed by atoms with Crippen LogP contribution in [0.3, 0.4) is 0 Å². The molecule has 0 unspecified atom stereocenters. The second-order valence-corrected chi connectivity index (χ2v) is 3.28. The third-order valence-electron chi connectivity index (χ3n) is 1.80. The van der Waals surface area contributed by atoms with E-state index in [-0.39, 0.29) is 22.2 Å². The van der Waals surface area contributed by atoms with E-state index < -0.39 is 5.97 Å². The van der Waals surface area contributed by atoms with Gasteiger partial charge >= 0.3 is 5.97 Å². The van der Waals surface area contributed by atoms with E-state index in [4.69, 9.17) is 21.2 Å². The molecular weight excluding hydrogens is 222 g/mol. The summed E-state index contributed by atoms with van der Waals surface area (Å²) in [4.78, 5) is 10.9. The Balaban J connectivity index is 2.58. The van der Waals surface area contributed by atoms with Crippen molar-refractivity contribution in [3.05, 3.63) is 22.5 Å². The van der Waals surface area contributed by atoms with Crippen LogP contribution in [0.15, 0.2) is 10.6 Å². The number of nitrogens with zero attached hydrogens (tertiary/aromatic N) is 2. The van der Waals surface area contributed by atoms with Gasteiger partial charge in [-0.2, -0.15) is 5.10 Å². The molecule has 6 nitrogen and oxygen atoms in total. The molecule has 7 heteroatoms. The third-order valence-corrected chi connectivity index (χ3v) is 2.07. The first kappa shape index (κ1) is 9.72. The molecule has 2 aromatic rings. The largest absolute Gasteiger partial charge is 0.477 e. The van der Waals surface area contributed by atoms with Crippen LogP contribution >= 0.6 is 11.6 Å². The highest BCUT2D eigenvalue weighted by Crippen LogP contribution is 2.26. The van der Waals surface area contributed by atoms with Crippen molar-refractivity contribution in [3.63, 3.8) is 0 Å². The SMILES string of the molecule is Cc1cc(-c2n[nH]c(Cl)c2C(=O)O)on1. The highest BCUT2D eigenvalue weighted by atomic mass is 35.5. The minimum atomic E-state index is -1.17. The lowest BCUT2D eigenvalue weighted by Gasteiger charge is -1.91. The van der Waals surface area contributed by atoms with Crippen molar-refractivity contribution in [2.75, 3.05) is 0 Å². The van der Waals surface area contributed by atoms with Gasteiger partial charge in [0.05, 0.1) is 5.69 Å². The van der Waals surface area contributed by atoms with Crippen molar-refractivity contribution < 1.29 is 14.4 Å². The molecule has 0 amide bonds. The Morgan fingerprint density at radius 1 is 1.67 bits per heavy atom. The zero-order valence-electron chi connectivity index (χ0n) is 7.61. The van der Waals surface area contributed by atoms with Crippen molar-refractivity contribution in [1.82, 2.24) is 15.4 Å². The Morgan fingerprint density at radius 2 is 2.40 bits per heavy atom. The molecule has 2 heterocycles. The highest BCUT2D eigenvalue weighted by molar-refractivity contribution is 6.33. The average molecular weight is 228 g/mol.